The highest BCUT2D eigenvalue weighted by Crippen LogP contribution is 2.28. The van der Waals surface area contributed by atoms with Crippen LogP contribution in [0.3, 0.4) is 0 Å². The number of fused-ring (bicyclic) bond motifs is 1. The van der Waals surface area contributed by atoms with Crippen LogP contribution < -0.4 is 10.4 Å². The summed E-state index contributed by atoms with van der Waals surface area (Å²) in [7, 11) is 0. The summed E-state index contributed by atoms with van der Waals surface area (Å²) in [5.74, 6) is -0.399. The first kappa shape index (κ1) is 18.1. The van der Waals surface area contributed by atoms with Crippen LogP contribution >= 0.6 is 0 Å². The Morgan fingerprint density at radius 2 is 1.69 bits per heavy atom. The first-order valence-corrected chi connectivity index (χ1v) is 8.61. The molecule has 3 aromatic carbocycles. The predicted octanol–water partition coefficient (Wildman–Crippen LogP) is 3.31. The maximum absolute atomic E-state index is 11.1. The van der Waals surface area contributed by atoms with Gasteiger partial charge in [-0.05, 0) is 42.0 Å². The number of benzene rings is 3. The second-order valence-corrected chi connectivity index (χ2v) is 6.21. The summed E-state index contributed by atoms with van der Waals surface area (Å²) in [5, 5.41) is 25.9. The van der Waals surface area contributed by atoms with E-state index in [1.54, 1.807) is 24.3 Å². The van der Waals surface area contributed by atoms with Gasteiger partial charge in [0.15, 0.2) is 5.82 Å². The molecule has 4 rings (SSSR count). The molecule has 0 aliphatic heterocycles. The number of para-hydroxylation sites is 1. The minimum Gasteiger partial charge on any atom is -0.545 e. The van der Waals surface area contributed by atoms with E-state index in [9.17, 15) is 20.0 Å². The van der Waals surface area contributed by atoms with E-state index in [0.717, 1.165) is 5.39 Å². The highest BCUT2D eigenvalue weighted by Gasteiger charge is 2.12. The Bertz CT molecular complexity index is 1240. The van der Waals surface area contributed by atoms with Crippen LogP contribution in [-0.4, -0.2) is 20.9 Å². The highest BCUT2D eigenvalue weighted by atomic mass is 16.6. The summed E-state index contributed by atoms with van der Waals surface area (Å²) in [6, 6.07) is 19.5. The number of hydrogen-bond acceptors (Lipinski definition) is 7. The molecule has 0 unspecified atom stereocenters. The third kappa shape index (κ3) is 3.72. The molecule has 0 amide bonds. The standard InChI is InChI=1S/C21H14N4O4/c26-21(27)14-4-3-5-15(12-14)22-20-17-6-1-2-7-18(17)23-19(24-20)13-8-10-16(11-9-13)25(28)29/h1-12H,(H,26,27)(H,22,23,24)/p-1. The molecule has 142 valence electrons. The zero-order valence-electron chi connectivity index (χ0n) is 14.9. The van der Waals surface area contributed by atoms with Crippen LogP contribution in [0.5, 0.6) is 0 Å². The largest absolute Gasteiger partial charge is 0.545 e. The van der Waals surface area contributed by atoms with Gasteiger partial charge in [0.05, 0.1) is 16.4 Å². The Kier molecular flexibility index (Phi) is 4.58. The SMILES string of the molecule is O=C([O-])c1cccc(Nc2nc(-c3ccc([N+](=O)[O-])cc3)nc3ccccc23)c1. The number of nitrogens with one attached hydrogen (secondary N) is 1. The van der Waals surface area contributed by atoms with Crippen LogP contribution in [0.15, 0.2) is 72.8 Å². The predicted molar refractivity (Wildman–Crippen MR) is 106 cm³/mol. The molecule has 4 aromatic rings. The molecule has 0 bridgehead atoms. The quantitative estimate of drug-likeness (QED) is 0.413. The van der Waals surface area contributed by atoms with E-state index in [1.807, 2.05) is 24.3 Å². The van der Waals surface area contributed by atoms with Gasteiger partial charge >= 0.3 is 0 Å². The van der Waals surface area contributed by atoms with Gasteiger partial charge in [0.2, 0.25) is 0 Å². The van der Waals surface area contributed by atoms with Crippen molar-refractivity contribution < 1.29 is 14.8 Å². The number of nitro groups is 1. The van der Waals surface area contributed by atoms with Crippen LogP contribution in [0.25, 0.3) is 22.3 Å². The minimum absolute atomic E-state index is 0.0213. The van der Waals surface area contributed by atoms with E-state index in [0.29, 0.717) is 28.4 Å². The molecule has 1 aromatic heterocycles. The number of nitrogens with zero attached hydrogens (tertiary/aromatic N) is 3. The van der Waals surface area contributed by atoms with E-state index in [1.165, 1.54) is 24.3 Å². The van der Waals surface area contributed by atoms with Gasteiger partial charge in [-0.2, -0.15) is 0 Å². The maximum Gasteiger partial charge on any atom is 0.269 e. The van der Waals surface area contributed by atoms with Gasteiger partial charge in [0.1, 0.15) is 5.82 Å². The molecule has 1 heterocycles. The Balaban J connectivity index is 1.80. The number of nitro benzene ring substituents is 1. The number of anilines is 2. The van der Waals surface area contributed by atoms with Crippen LogP contribution in [-0.2, 0) is 0 Å². The van der Waals surface area contributed by atoms with Crippen LogP contribution in [0.1, 0.15) is 10.4 Å². The number of carboxylic acid groups (broad SMARTS) is 1. The van der Waals surface area contributed by atoms with Gasteiger partial charge in [0.25, 0.3) is 5.69 Å². The maximum atomic E-state index is 11.1. The van der Waals surface area contributed by atoms with E-state index in [-0.39, 0.29) is 11.3 Å². The molecule has 0 saturated heterocycles. The van der Waals surface area contributed by atoms with E-state index >= 15 is 0 Å². The summed E-state index contributed by atoms with van der Waals surface area (Å²) in [6.45, 7) is 0. The second kappa shape index (κ2) is 7.35. The molecule has 0 atom stereocenters. The lowest BCUT2D eigenvalue weighted by Gasteiger charge is -2.12. The Morgan fingerprint density at radius 1 is 0.931 bits per heavy atom. The molecule has 1 N–H and O–H groups in total. The fourth-order valence-corrected chi connectivity index (χ4v) is 2.89. The van der Waals surface area contributed by atoms with Crippen molar-refractivity contribution in [3.05, 3.63) is 88.5 Å². The summed E-state index contributed by atoms with van der Waals surface area (Å²) in [4.78, 5) is 30.6. The Morgan fingerprint density at radius 3 is 2.41 bits per heavy atom. The van der Waals surface area contributed by atoms with Crippen molar-refractivity contribution in [1.29, 1.82) is 0 Å². The number of carboxylic acids is 1. The van der Waals surface area contributed by atoms with Crippen molar-refractivity contribution in [3.8, 4) is 11.4 Å². The fraction of sp³-hybridized carbons (Fsp3) is 0. The second-order valence-electron chi connectivity index (χ2n) is 6.21. The number of carbonyl (C=O) groups is 1. The molecule has 0 fully saturated rings. The number of aromatic carboxylic acids is 1. The monoisotopic (exact) mass is 385 g/mol. The number of carbonyl (C=O) groups excluding carboxylic acids is 1. The smallest absolute Gasteiger partial charge is 0.269 e. The number of hydrogen-bond donors (Lipinski definition) is 1. The third-order valence-electron chi connectivity index (χ3n) is 4.30. The summed E-state index contributed by atoms with van der Waals surface area (Å²) < 4.78 is 0. The topological polar surface area (TPSA) is 121 Å². The first-order chi connectivity index (χ1) is 14.0. The Labute approximate surface area is 164 Å². The van der Waals surface area contributed by atoms with Crippen LogP contribution in [0.2, 0.25) is 0 Å². The van der Waals surface area contributed by atoms with Gasteiger partial charge in [-0.3, -0.25) is 10.1 Å². The summed E-state index contributed by atoms with van der Waals surface area (Å²) >= 11 is 0. The average molecular weight is 385 g/mol. The van der Waals surface area contributed by atoms with Gasteiger partial charge in [-0.25, -0.2) is 9.97 Å². The van der Waals surface area contributed by atoms with Crippen molar-refractivity contribution in [3.63, 3.8) is 0 Å². The van der Waals surface area contributed by atoms with Crippen molar-refractivity contribution in [2.24, 2.45) is 0 Å². The van der Waals surface area contributed by atoms with Gasteiger partial charge in [0, 0.05) is 28.8 Å². The van der Waals surface area contributed by atoms with Crippen molar-refractivity contribution >= 4 is 34.1 Å². The zero-order valence-corrected chi connectivity index (χ0v) is 14.9. The molecular formula is C21H13N4O4-. The summed E-state index contributed by atoms with van der Waals surface area (Å²) in [6.07, 6.45) is 0. The molecule has 0 aliphatic carbocycles. The molecule has 8 nitrogen and oxygen atoms in total. The average Bonchev–Trinajstić information content (AvgIpc) is 2.74. The normalized spacial score (nSPS) is 10.6. The molecule has 0 radical (unpaired) electrons. The minimum atomic E-state index is -1.27. The van der Waals surface area contributed by atoms with E-state index in [4.69, 9.17) is 0 Å². The number of non-ortho nitro benzene ring substituents is 1. The van der Waals surface area contributed by atoms with E-state index < -0.39 is 10.9 Å². The molecular weight excluding hydrogens is 372 g/mol. The molecule has 8 heteroatoms. The fourth-order valence-electron chi connectivity index (χ4n) is 2.89. The van der Waals surface area contributed by atoms with E-state index in [2.05, 4.69) is 15.3 Å². The van der Waals surface area contributed by atoms with Crippen LogP contribution in [0.4, 0.5) is 17.2 Å². The van der Waals surface area contributed by atoms with Crippen molar-refractivity contribution in [2.75, 3.05) is 5.32 Å². The molecule has 0 aliphatic rings. The molecule has 0 saturated carbocycles. The van der Waals surface area contributed by atoms with Gasteiger partial charge in [-0.15, -0.1) is 0 Å². The zero-order chi connectivity index (χ0) is 20.4. The summed E-state index contributed by atoms with van der Waals surface area (Å²) in [5.41, 5.74) is 1.85. The lowest BCUT2D eigenvalue weighted by Crippen LogP contribution is -2.22. The molecule has 0 spiro atoms. The lowest BCUT2D eigenvalue weighted by atomic mass is 10.1. The number of rotatable bonds is 5. The van der Waals surface area contributed by atoms with Crippen LogP contribution in [0, 0.1) is 10.1 Å². The Hall–Kier alpha value is -4.33. The van der Waals surface area contributed by atoms with Crippen molar-refractivity contribution in [2.45, 2.75) is 0 Å². The van der Waals surface area contributed by atoms with Gasteiger partial charge < -0.3 is 15.2 Å². The lowest BCUT2D eigenvalue weighted by molar-refractivity contribution is -0.384. The van der Waals surface area contributed by atoms with Crippen molar-refractivity contribution in [1.82, 2.24) is 9.97 Å². The molecule has 29 heavy (non-hydrogen) atoms. The number of aromatic nitrogens is 2. The third-order valence-corrected chi connectivity index (χ3v) is 4.30. The highest BCUT2D eigenvalue weighted by molar-refractivity contribution is 5.93. The first-order valence-electron chi connectivity index (χ1n) is 8.61. The van der Waals surface area contributed by atoms with Gasteiger partial charge in [-0.1, -0.05) is 24.3 Å².